The number of nitrogens with one attached hydrogen (secondary N) is 1. The smallest absolute Gasteiger partial charge is 0.224 e. The van der Waals surface area contributed by atoms with E-state index in [1.54, 1.807) is 0 Å². The first-order valence-corrected chi connectivity index (χ1v) is 7.73. The minimum atomic E-state index is 0.100. The third-order valence-electron chi connectivity index (χ3n) is 3.46. The molecule has 0 saturated heterocycles. The van der Waals surface area contributed by atoms with Gasteiger partial charge in [-0.2, -0.15) is 0 Å². The highest BCUT2D eigenvalue weighted by Crippen LogP contribution is 2.19. The van der Waals surface area contributed by atoms with Crippen LogP contribution in [0.15, 0.2) is 40.4 Å². The largest absolute Gasteiger partial charge is 0.355 e. The summed E-state index contributed by atoms with van der Waals surface area (Å²) in [7, 11) is 0. The summed E-state index contributed by atoms with van der Waals surface area (Å²) in [4.78, 5) is 11.9. The molecule has 19 heavy (non-hydrogen) atoms. The number of rotatable bonds is 5. The van der Waals surface area contributed by atoms with E-state index in [2.05, 4.69) is 27.3 Å². The second kappa shape index (κ2) is 7.49. The molecule has 0 saturated carbocycles. The van der Waals surface area contributed by atoms with Gasteiger partial charge in [0.05, 0.1) is 6.42 Å². The number of carbonyl (C=O) groups is 1. The molecule has 3 heteroatoms. The highest BCUT2D eigenvalue weighted by Gasteiger charge is 2.07. The molecule has 0 heterocycles. The van der Waals surface area contributed by atoms with E-state index < -0.39 is 0 Å². The van der Waals surface area contributed by atoms with Crippen LogP contribution in [0, 0.1) is 0 Å². The molecule has 2 rings (SSSR count). The van der Waals surface area contributed by atoms with Crippen molar-refractivity contribution in [2.75, 3.05) is 6.54 Å². The van der Waals surface area contributed by atoms with Crippen molar-refractivity contribution in [3.63, 3.8) is 0 Å². The second-order valence-electron chi connectivity index (χ2n) is 4.98. The lowest BCUT2D eigenvalue weighted by Gasteiger charge is -2.13. The van der Waals surface area contributed by atoms with Gasteiger partial charge in [0.1, 0.15) is 0 Å². The zero-order valence-electron chi connectivity index (χ0n) is 11.1. The Kier molecular flexibility index (Phi) is 5.64. The van der Waals surface area contributed by atoms with Gasteiger partial charge in [-0.25, -0.2) is 0 Å². The highest BCUT2D eigenvalue weighted by atomic mass is 79.9. The number of halogens is 1. The van der Waals surface area contributed by atoms with E-state index in [4.69, 9.17) is 0 Å². The third-order valence-corrected chi connectivity index (χ3v) is 4.24. The van der Waals surface area contributed by atoms with E-state index in [-0.39, 0.29) is 5.91 Å². The summed E-state index contributed by atoms with van der Waals surface area (Å²) in [5.74, 6) is 0.100. The Labute approximate surface area is 123 Å². The first kappa shape index (κ1) is 14.3. The molecule has 0 aromatic heterocycles. The molecular formula is C16H20BrNO. The van der Waals surface area contributed by atoms with Crippen LogP contribution < -0.4 is 5.32 Å². The standard InChI is InChI=1S/C16H20BrNO/c17-15-9-5-4-8-14(15)12-16(19)18-11-10-13-6-2-1-3-7-13/h4-6,8-9H,1-3,7,10-12H2,(H,18,19). The molecule has 0 radical (unpaired) electrons. The summed E-state index contributed by atoms with van der Waals surface area (Å²) < 4.78 is 1.00. The van der Waals surface area contributed by atoms with E-state index >= 15 is 0 Å². The van der Waals surface area contributed by atoms with Crippen LogP contribution in [0.2, 0.25) is 0 Å². The van der Waals surface area contributed by atoms with Gasteiger partial charge in [0.25, 0.3) is 0 Å². The molecule has 1 aromatic carbocycles. The van der Waals surface area contributed by atoms with E-state index in [9.17, 15) is 4.79 Å². The Morgan fingerprint density at radius 2 is 2.11 bits per heavy atom. The maximum absolute atomic E-state index is 11.9. The molecule has 2 nitrogen and oxygen atoms in total. The predicted octanol–water partition coefficient (Wildman–Crippen LogP) is 4.00. The van der Waals surface area contributed by atoms with Crippen LogP contribution in [-0.4, -0.2) is 12.5 Å². The molecule has 0 bridgehead atoms. The Hall–Kier alpha value is -1.09. The van der Waals surface area contributed by atoms with Crippen molar-refractivity contribution in [2.45, 2.75) is 38.5 Å². The van der Waals surface area contributed by atoms with Crippen LogP contribution >= 0.6 is 15.9 Å². The normalized spacial score (nSPS) is 14.9. The van der Waals surface area contributed by atoms with Gasteiger partial charge in [-0.3, -0.25) is 4.79 Å². The molecule has 0 fully saturated rings. The van der Waals surface area contributed by atoms with Gasteiger partial charge < -0.3 is 5.32 Å². The zero-order chi connectivity index (χ0) is 13.5. The van der Waals surface area contributed by atoms with Gasteiger partial charge >= 0.3 is 0 Å². The fraction of sp³-hybridized carbons (Fsp3) is 0.438. The molecule has 0 unspecified atom stereocenters. The Bertz CT molecular complexity index is 468. The number of hydrogen-bond donors (Lipinski definition) is 1. The van der Waals surface area contributed by atoms with Crippen molar-refractivity contribution in [1.82, 2.24) is 5.32 Å². The summed E-state index contributed by atoms with van der Waals surface area (Å²) >= 11 is 3.47. The summed E-state index contributed by atoms with van der Waals surface area (Å²) in [6.07, 6.45) is 8.82. The molecule has 1 aliphatic rings. The van der Waals surface area contributed by atoms with E-state index in [0.717, 1.165) is 23.0 Å². The Morgan fingerprint density at radius 1 is 1.26 bits per heavy atom. The fourth-order valence-electron chi connectivity index (χ4n) is 2.37. The van der Waals surface area contributed by atoms with Crippen LogP contribution in [-0.2, 0) is 11.2 Å². The summed E-state index contributed by atoms with van der Waals surface area (Å²) in [5, 5.41) is 3.01. The van der Waals surface area contributed by atoms with Crippen molar-refractivity contribution in [2.24, 2.45) is 0 Å². The van der Waals surface area contributed by atoms with Crippen LogP contribution in [0.1, 0.15) is 37.7 Å². The van der Waals surface area contributed by atoms with Crippen molar-refractivity contribution < 1.29 is 4.79 Å². The number of hydrogen-bond acceptors (Lipinski definition) is 1. The minimum absolute atomic E-state index is 0.100. The third kappa shape index (κ3) is 4.83. The zero-order valence-corrected chi connectivity index (χ0v) is 12.7. The van der Waals surface area contributed by atoms with E-state index in [0.29, 0.717) is 6.42 Å². The molecule has 1 aromatic rings. The first-order valence-electron chi connectivity index (χ1n) is 6.94. The van der Waals surface area contributed by atoms with Gasteiger partial charge in [0, 0.05) is 11.0 Å². The van der Waals surface area contributed by atoms with Crippen LogP contribution in [0.25, 0.3) is 0 Å². The minimum Gasteiger partial charge on any atom is -0.355 e. The van der Waals surface area contributed by atoms with Gasteiger partial charge in [0.2, 0.25) is 5.91 Å². The fourth-order valence-corrected chi connectivity index (χ4v) is 2.80. The Balaban J connectivity index is 1.73. The van der Waals surface area contributed by atoms with E-state index in [1.165, 1.54) is 31.3 Å². The van der Waals surface area contributed by atoms with Crippen molar-refractivity contribution in [1.29, 1.82) is 0 Å². The first-order chi connectivity index (χ1) is 9.25. The van der Waals surface area contributed by atoms with Gasteiger partial charge in [-0.05, 0) is 43.7 Å². The van der Waals surface area contributed by atoms with Crippen LogP contribution in [0.4, 0.5) is 0 Å². The topological polar surface area (TPSA) is 29.1 Å². The Morgan fingerprint density at radius 3 is 2.84 bits per heavy atom. The van der Waals surface area contributed by atoms with Crippen LogP contribution in [0.3, 0.4) is 0 Å². The molecule has 0 aliphatic heterocycles. The number of allylic oxidation sites excluding steroid dienone is 1. The maximum Gasteiger partial charge on any atom is 0.224 e. The van der Waals surface area contributed by atoms with Gasteiger partial charge in [-0.1, -0.05) is 45.8 Å². The molecule has 1 amide bonds. The lowest BCUT2D eigenvalue weighted by Crippen LogP contribution is -2.26. The quantitative estimate of drug-likeness (QED) is 0.816. The molecule has 102 valence electrons. The van der Waals surface area contributed by atoms with Gasteiger partial charge in [-0.15, -0.1) is 0 Å². The number of carbonyl (C=O) groups excluding carboxylic acids is 1. The summed E-state index contributed by atoms with van der Waals surface area (Å²) in [5.41, 5.74) is 2.55. The molecule has 0 spiro atoms. The maximum atomic E-state index is 11.9. The molecule has 0 atom stereocenters. The molecule has 1 aliphatic carbocycles. The predicted molar refractivity (Wildman–Crippen MR) is 82.0 cm³/mol. The van der Waals surface area contributed by atoms with Crippen molar-refractivity contribution in [3.05, 3.63) is 46.0 Å². The van der Waals surface area contributed by atoms with Crippen molar-refractivity contribution >= 4 is 21.8 Å². The number of amides is 1. The van der Waals surface area contributed by atoms with E-state index in [1.807, 2.05) is 24.3 Å². The van der Waals surface area contributed by atoms with Crippen LogP contribution in [0.5, 0.6) is 0 Å². The molecular weight excluding hydrogens is 302 g/mol. The highest BCUT2D eigenvalue weighted by molar-refractivity contribution is 9.10. The van der Waals surface area contributed by atoms with Crippen molar-refractivity contribution in [3.8, 4) is 0 Å². The lowest BCUT2D eigenvalue weighted by molar-refractivity contribution is -0.120. The average molecular weight is 322 g/mol. The molecule has 1 N–H and O–H groups in total. The number of benzene rings is 1. The van der Waals surface area contributed by atoms with Gasteiger partial charge in [0.15, 0.2) is 0 Å². The monoisotopic (exact) mass is 321 g/mol. The SMILES string of the molecule is O=C(Cc1ccccc1Br)NCCC1=CCCCC1. The summed E-state index contributed by atoms with van der Waals surface area (Å²) in [6, 6.07) is 7.87. The summed E-state index contributed by atoms with van der Waals surface area (Å²) in [6.45, 7) is 0.759. The lowest BCUT2D eigenvalue weighted by atomic mass is 9.97. The average Bonchev–Trinajstić information content (AvgIpc) is 2.43. The second-order valence-corrected chi connectivity index (χ2v) is 5.83.